The molecule has 0 amide bonds. The molecule has 0 bridgehead atoms. The molecule has 5 heteroatoms. The number of nitrogens with zero attached hydrogens (tertiary/aromatic N) is 3. The van der Waals surface area contributed by atoms with Crippen LogP contribution in [0.15, 0.2) is 253 Å². The monoisotopic (exact) mass is 971 g/mol. The molecule has 0 unspecified atom stereocenters. The van der Waals surface area contributed by atoms with Gasteiger partial charge in [0, 0.05) is 47.6 Å². The topological polar surface area (TPSA) is 51.8 Å². The predicted octanol–water partition coefficient (Wildman–Crippen LogP) is 18.5. The number of benzene rings is 11. The Morgan fingerprint density at radius 2 is 0.773 bits per heavy atom. The van der Waals surface area contributed by atoms with Crippen LogP contribution in [0.5, 0.6) is 0 Å². The summed E-state index contributed by atoms with van der Waals surface area (Å²) < 4.78 is 9.02. The van der Waals surface area contributed by atoms with Crippen LogP contribution in [0.25, 0.3) is 132 Å². The summed E-state index contributed by atoms with van der Waals surface area (Å²) >= 11 is 1.78. The molecule has 0 aliphatic heterocycles. The highest BCUT2D eigenvalue weighted by molar-refractivity contribution is 7.26. The van der Waals surface area contributed by atoms with Gasteiger partial charge in [0.05, 0.1) is 5.41 Å². The predicted molar refractivity (Wildman–Crippen MR) is 309 cm³/mol. The number of hydrogen-bond donors (Lipinski definition) is 0. The van der Waals surface area contributed by atoms with Gasteiger partial charge in [-0.2, -0.15) is 0 Å². The SMILES string of the molecule is c1ccc(-c2ccc(-c3nc(-c4cccc5c4sc4ccccc45)nc(-c4cccc5oc6ccc(-c7ccc(-c8ccc9c(c8)C8(c%10ccccc%10-c%10ccccc%108)c8ccccc8-9)cc7)cc6c45)n3)cc2)cc1. The average Bonchev–Trinajstić information content (AvgIpc) is 4.29. The zero-order valence-corrected chi connectivity index (χ0v) is 41.1. The Bertz CT molecular complexity index is 4580. The van der Waals surface area contributed by atoms with Crippen molar-refractivity contribution in [1.29, 1.82) is 0 Å². The van der Waals surface area contributed by atoms with E-state index in [1.165, 1.54) is 71.1 Å². The second-order valence-electron chi connectivity index (χ2n) is 19.7. The summed E-state index contributed by atoms with van der Waals surface area (Å²) in [6.07, 6.45) is 0. The normalized spacial score (nSPS) is 12.9. The lowest BCUT2D eigenvalue weighted by molar-refractivity contribution is 0.669. The lowest BCUT2D eigenvalue weighted by atomic mass is 9.70. The average molecular weight is 972 g/mol. The first-order chi connectivity index (χ1) is 37.2. The van der Waals surface area contributed by atoms with Gasteiger partial charge in [-0.1, -0.05) is 212 Å². The number of thiophene rings is 1. The van der Waals surface area contributed by atoms with E-state index in [-0.39, 0.29) is 5.41 Å². The van der Waals surface area contributed by atoms with Crippen molar-refractivity contribution >= 4 is 53.4 Å². The van der Waals surface area contributed by atoms with Crippen molar-refractivity contribution in [3.05, 3.63) is 271 Å². The molecule has 0 fully saturated rings. The van der Waals surface area contributed by atoms with Crippen LogP contribution in [0.3, 0.4) is 0 Å². The number of fused-ring (bicyclic) bond motifs is 16. The van der Waals surface area contributed by atoms with Crippen LogP contribution in [0, 0.1) is 0 Å². The van der Waals surface area contributed by atoms with E-state index in [9.17, 15) is 0 Å². The number of aromatic nitrogens is 3. The number of hydrogen-bond acceptors (Lipinski definition) is 5. The quantitative estimate of drug-likeness (QED) is 0.167. The summed E-state index contributed by atoms with van der Waals surface area (Å²) in [5.74, 6) is 1.83. The molecule has 4 nitrogen and oxygen atoms in total. The molecule has 2 aliphatic rings. The molecular formula is C70H41N3OS. The third-order valence-electron chi connectivity index (χ3n) is 15.8. The van der Waals surface area contributed by atoms with Crippen molar-refractivity contribution in [2.24, 2.45) is 0 Å². The third-order valence-corrected chi connectivity index (χ3v) is 17.0. The first kappa shape index (κ1) is 42.0. The third kappa shape index (κ3) is 6.26. The molecule has 0 atom stereocenters. The van der Waals surface area contributed by atoms with Gasteiger partial charge in [-0.25, -0.2) is 15.0 Å². The Morgan fingerprint density at radius 3 is 1.48 bits per heavy atom. The Hall–Kier alpha value is -9.55. The Morgan fingerprint density at radius 1 is 0.293 bits per heavy atom. The minimum Gasteiger partial charge on any atom is -0.456 e. The molecule has 75 heavy (non-hydrogen) atoms. The molecule has 2 aliphatic carbocycles. The fourth-order valence-corrected chi connectivity index (χ4v) is 13.6. The van der Waals surface area contributed by atoms with Crippen LogP contribution >= 0.6 is 11.3 Å². The van der Waals surface area contributed by atoms with Crippen molar-refractivity contribution in [3.8, 4) is 89.8 Å². The van der Waals surface area contributed by atoms with Crippen LogP contribution in [0.2, 0.25) is 0 Å². The Kier molecular flexibility index (Phi) is 9.09. The van der Waals surface area contributed by atoms with E-state index in [2.05, 4.69) is 231 Å². The molecule has 348 valence electrons. The standard InChI is InChI=1S/C70H41N3OS/c1-2-14-42(15-3-1)43-32-34-46(35-33-43)67-71-68(73-69(72-67)56-22-12-20-54-53-19-7-11-27-64(53)75-66(54)56)55-21-13-26-63-65(55)57-40-47(37-39-62(57)74-63)44-28-30-45(31-29-44)48-36-38-52-51-18-6-10-25-60(51)70(61(52)41-48)58-23-8-4-16-49(58)50-17-5-9-24-59(50)70/h1-41H. The lowest BCUT2D eigenvalue weighted by Crippen LogP contribution is -2.25. The minimum absolute atomic E-state index is 0.386. The van der Waals surface area contributed by atoms with E-state index in [0.29, 0.717) is 17.5 Å². The summed E-state index contributed by atoms with van der Waals surface area (Å²) in [7, 11) is 0. The maximum atomic E-state index is 6.63. The molecule has 0 radical (unpaired) electrons. The lowest BCUT2D eigenvalue weighted by Gasteiger charge is -2.30. The molecule has 11 aromatic carbocycles. The van der Waals surface area contributed by atoms with Gasteiger partial charge < -0.3 is 4.42 Å². The van der Waals surface area contributed by atoms with E-state index in [4.69, 9.17) is 19.4 Å². The van der Waals surface area contributed by atoms with E-state index in [0.717, 1.165) is 65.6 Å². The largest absolute Gasteiger partial charge is 0.456 e. The summed E-state index contributed by atoms with van der Waals surface area (Å²) in [5.41, 5.74) is 21.5. The maximum Gasteiger partial charge on any atom is 0.165 e. The Balaban J connectivity index is 0.806. The van der Waals surface area contributed by atoms with Gasteiger partial charge in [-0.05, 0) is 114 Å². The first-order valence-corrected chi connectivity index (χ1v) is 26.3. The van der Waals surface area contributed by atoms with Gasteiger partial charge in [-0.3, -0.25) is 0 Å². The first-order valence-electron chi connectivity index (χ1n) is 25.5. The molecule has 14 aromatic rings. The van der Waals surface area contributed by atoms with E-state index in [1.807, 2.05) is 18.2 Å². The fourth-order valence-electron chi connectivity index (χ4n) is 12.4. The van der Waals surface area contributed by atoms with Crippen molar-refractivity contribution in [2.45, 2.75) is 5.41 Å². The van der Waals surface area contributed by atoms with Gasteiger partial charge >= 0.3 is 0 Å². The smallest absolute Gasteiger partial charge is 0.165 e. The molecule has 0 saturated heterocycles. The van der Waals surface area contributed by atoms with Gasteiger partial charge in [0.15, 0.2) is 17.5 Å². The number of rotatable bonds is 6. The van der Waals surface area contributed by atoms with Crippen molar-refractivity contribution in [3.63, 3.8) is 0 Å². The highest BCUT2D eigenvalue weighted by Crippen LogP contribution is 2.63. The van der Waals surface area contributed by atoms with Crippen molar-refractivity contribution in [2.75, 3.05) is 0 Å². The highest BCUT2D eigenvalue weighted by Gasteiger charge is 2.51. The van der Waals surface area contributed by atoms with Gasteiger partial charge in [-0.15, -0.1) is 11.3 Å². The van der Waals surface area contributed by atoms with Crippen LogP contribution in [-0.4, -0.2) is 15.0 Å². The van der Waals surface area contributed by atoms with Crippen LogP contribution in [0.1, 0.15) is 22.3 Å². The number of furan rings is 1. The van der Waals surface area contributed by atoms with Crippen molar-refractivity contribution < 1.29 is 4.42 Å². The summed E-state index contributed by atoms with van der Waals surface area (Å²) in [5, 5.41) is 4.40. The summed E-state index contributed by atoms with van der Waals surface area (Å²) in [6.45, 7) is 0. The molecular weight excluding hydrogens is 931 g/mol. The highest BCUT2D eigenvalue weighted by atomic mass is 32.1. The van der Waals surface area contributed by atoms with Gasteiger partial charge in [0.2, 0.25) is 0 Å². The van der Waals surface area contributed by atoms with E-state index >= 15 is 0 Å². The minimum atomic E-state index is -0.386. The van der Waals surface area contributed by atoms with Crippen LogP contribution < -0.4 is 0 Å². The van der Waals surface area contributed by atoms with E-state index < -0.39 is 0 Å². The second kappa shape index (κ2) is 16.2. The van der Waals surface area contributed by atoms with E-state index in [1.54, 1.807) is 11.3 Å². The fraction of sp³-hybridized carbons (Fsp3) is 0.0143. The molecule has 3 heterocycles. The molecule has 16 rings (SSSR count). The maximum absolute atomic E-state index is 6.63. The summed E-state index contributed by atoms with van der Waals surface area (Å²) in [6, 6.07) is 89.8. The van der Waals surface area contributed by atoms with Gasteiger partial charge in [0.25, 0.3) is 0 Å². The molecule has 1 spiro atoms. The van der Waals surface area contributed by atoms with Crippen LogP contribution in [0.4, 0.5) is 0 Å². The second-order valence-corrected chi connectivity index (χ2v) is 20.8. The Labute approximate surface area is 436 Å². The summed E-state index contributed by atoms with van der Waals surface area (Å²) in [4.78, 5) is 15.9. The van der Waals surface area contributed by atoms with Crippen LogP contribution in [-0.2, 0) is 5.41 Å². The molecule has 0 N–H and O–H groups in total. The zero-order chi connectivity index (χ0) is 49.2. The molecule has 3 aromatic heterocycles. The van der Waals surface area contributed by atoms with Gasteiger partial charge in [0.1, 0.15) is 11.2 Å². The van der Waals surface area contributed by atoms with Crippen molar-refractivity contribution in [1.82, 2.24) is 15.0 Å². The molecule has 0 saturated carbocycles. The zero-order valence-electron chi connectivity index (χ0n) is 40.3.